The maximum atomic E-state index is 7.62. The van der Waals surface area contributed by atoms with E-state index in [4.69, 9.17) is 15.9 Å². The molecule has 3 nitrogen and oxygen atoms in total. The van der Waals surface area contributed by atoms with Gasteiger partial charge < -0.3 is 10.5 Å². The summed E-state index contributed by atoms with van der Waals surface area (Å²) in [4.78, 5) is 0. The van der Waals surface area contributed by atoms with Crippen LogP contribution in [0.4, 0.5) is 0 Å². The summed E-state index contributed by atoms with van der Waals surface area (Å²) in [6.45, 7) is 3.33. The average molecular weight is 254 g/mol. The molecule has 98 valence electrons. The largest absolute Gasteiger partial charge is 0.384 e. The molecular weight excluding hydrogens is 236 g/mol. The third-order valence-electron chi connectivity index (χ3n) is 2.96. The van der Waals surface area contributed by atoms with Crippen molar-refractivity contribution >= 4 is 5.84 Å². The van der Waals surface area contributed by atoms with Gasteiger partial charge in [-0.3, -0.25) is 5.41 Å². The van der Waals surface area contributed by atoms with Gasteiger partial charge in [-0.05, 0) is 23.6 Å². The highest BCUT2D eigenvalue weighted by atomic mass is 16.5. The van der Waals surface area contributed by atoms with Crippen molar-refractivity contribution in [3.05, 3.63) is 59.7 Å². The number of nitrogens with two attached hydrogens (primary N) is 1. The summed E-state index contributed by atoms with van der Waals surface area (Å²) in [5, 5.41) is 7.62. The molecule has 0 amide bonds. The zero-order chi connectivity index (χ0) is 13.7. The molecule has 2 rings (SSSR count). The second-order valence-corrected chi connectivity index (χ2v) is 4.29. The molecular formula is C16H18N2O. The Hall–Kier alpha value is -2.13. The molecule has 0 aromatic heterocycles. The molecule has 0 aliphatic carbocycles. The first-order valence-electron chi connectivity index (χ1n) is 6.33. The van der Waals surface area contributed by atoms with Gasteiger partial charge >= 0.3 is 0 Å². The van der Waals surface area contributed by atoms with Crippen molar-refractivity contribution in [2.75, 3.05) is 6.61 Å². The van der Waals surface area contributed by atoms with Crippen molar-refractivity contribution in [3.63, 3.8) is 0 Å². The Balaban J connectivity index is 2.30. The van der Waals surface area contributed by atoms with Crippen molar-refractivity contribution in [2.24, 2.45) is 5.73 Å². The SMILES string of the molecule is CCOCc1ccc(-c2ccccc2C(=N)N)cc1. The van der Waals surface area contributed by atoms with E-state index in [1.165, 1.54) is 0 Å². The van der Waals surface area contributed by atoms with Crippen LogP contribution in [0, 0.1) is 5.41 Å². The highest BCUT2D eigenvalue weighted by Crippen LogP contribution is 2.23. The van der Waals surface area contributed by atoms with E-state index in [1.807, 2.05) is 55.5 Å². The normalized spacial score (nSPS) is 10.4. The number of nitrogens with one attached hydrogen (secondary N) is 1. The van der Waals surface area contributed by atoms with Gasteiger partial charge in [0.05, 0.1) is 6.61 Å². The lowest BCUT2D eigenvalue weighted by Crippen LogP contribution is -2.12. The van der Waals surface area contributed by atoms with Gasteiger partial charge in [0.1, 0.15) is 5.84 Å². The second kappa shape index (κ2) is 6.16. The Morgan fingerprint density at radius 3 is 2.42 bits per heavy atom. The molecule has 19 heavy (non-hydrogen) atoms. The molecule has 2 aromatic carbocycles. The minimum Gasteiger partial charge on any atom is -0.384 e. The zero-order valence-electron chi connectivity index (χ0n) is 11.0. The van der Waals surface area contributed by atoms with Gasteiger partial charge in [-0.15, -0.1) is 0 Å². The molecule has 0 heterocycles. The van der Waals surface area contributed by atoms with Crippen LogP contribution in [-0.4, -0.2) is 12.4 Å². The Bertz CT molecular complexity index is 561. The summed E-state index contributed by atoms with van der Waals surface area (Å²) in [6, 6.07) is 15.9. The molecule has 0 fully saturated rings. The van der Waals surface area contributed by atoms with E-state index < -0.39 is 0 Å². The van der Waals surface area contributed by atoms with Gasteiger partial charge in [-0.2, -0.15) is 0 Å². The smallest absolute Gasteiger partial charge is 0.123 e. The Morgan fingerprint density at radius 1 is 1.11 bits per heavy atom. The van der Waals surface area contributed by atoms with Crippen LogP contribution < -0.4 is 5.73 Å². The fourth-order valence-electron chi connectivity index (χ4n) is 1.97. The van der Waals surface area contributed by atoms with Gasteiger partial charge in [-0.25, -0.2) is 0 Å². The van der Waals surface area contributed by atoms with Crippen LogP contribution in [0.3, 0.4) is 0 Å². The van der Waals surface area contributed by atoms with Crippen LogP contribution in [0.2, 0.25) is 0 Å². The summed E-state index contributed by atoms with van der Waals surface area (Å²) in [5.41, 5.74) is 9.56. The maximum Gasteiger partial charge on any atom is 0.123 e. The number of nitrogen functional groups attached to an aromatic ring is 1. The number of amidine groups is 1. The van der Waals surface area contributed by atoms with E-state index in [9.17, 15) is 0 Å². The monoisotopic (exact) mass is 254 g/mol. The molecule has 0 radical (unpaired) electrons. The lowest BCUT2D eigenvalue weighted by molar-refractivity contribution is 0.134. The number of ether oxygens (including phenoxy) is 1. The van der Waals surface area contributed by atoms with Crippen LogP contribution in [0.25, 0.3) is 11.1 Å². The molecule has 0 saturated carbocycles. The lowest BCUT2D eigenvalue weighted by Gasteiger charge is -2.09. The van der Waals surface area contributed by atoms with Crippen LogP contribution in [0.1, 0.15) is 18.1 Å². The fourth-order valence-corrected chi connectivity index (χ4v) is 1.97. The molecule has 3 heteroatoms. The van der Waals surface area contributed by atoms with Crippen LogP contribution in [0.15, 0.2) is 48.5 Å². The fraction of sp³-hybridized carbons (Fsp3) is 0.188. The quantitative estimate of drug-likeness (QED) is 0.636. The predicted octanol–water partition coefficient (Wildman–Crippen LogP) is 3.17. The van der Waals surface area contributed by atoms with Crippen molar-refractivity contribution in [2.45, 2.75) is 13.5 Å². The first kappa shape index (κ1) is 13.3. The van der Waals surface area contributed by atoms with Crippen LogP contribution in [-0.2, 0) is 11.3 Å². The van der Waals surface area contributed by atoms with Gasteiger partial charge in [-0.1, -0.05) is 48.5 Å². The minimum absolute atomic E-state index is 0.0917. The second-order valence-electron chi connectivity index (χ2n) is 4.29. The topological polar surface area (TPSA) is 59.1 Å². The first-order chi connectivity index (χ1) is 9.22. The van der Waals surface area contributed by atoms with E-state index in [0.717, 1.165) is 28.9 Å². The average Bonchev–Trinajstić information content (AvgIpc) is 2.45. The number of rotatable bonds is 5. The zero-order valence-corrected chi connectivity index (χ0v) is 11.0. The Labute approximate surface area is 113 Å². The van der Waals surface area contributed by atoms with E-state index in [-0.39, 0.29) is 5.84 Å². The summed E-state index contributed by atoms with van der Waals surface area (Å²) in [6.07, 6.45) is 0. The van der Waals surface area contributed by atoms with E-state index in [1.54, 1.807) is 0 Å². The van der Waals surface area contributed by atoms with Crippen molar-refractivity contribution in [1.29, 1.82) is 5.41 Å². The van der Waals surface area contributed by atoms with E-state index in [0.29, 0.717) is 6.61 Å². The molecule has 2 aromatic rings. The summed E-state index contributed by atoms with van der Waals surface area (Å²) in [5.74, 6) is 0.0917. The summed E-state index contributed by atoms with van der Waals surface area (Å²) >= 11 is 0. The molecule has 0 aliphatic rings. The molecule has 0 spiro atoms. The Kier molecular flexibility index (Phi) is 4.31. The highest BCUT2D eigenvalue weighted by molar-refractivity contribution is 6.01. The minimum atomic E-state index is 0.0917. The molecule has 0 bridgehead atoms. The molecule has 3 N–H and O–H groups in total. The van der Waals surface area contributed by atoms with Crippen molar-refractivity contribution in [1.82, 2.24) is 0 Å². The van der Waals surface area contributed by atoms with Gasteiger partial charge in [0.2, 0.25) is 0 Å². The van der Waals surface area contributed by atoms with Crippen LogP contribution in [0.5, 0.6) is 0 Å². The van der Waals surface area contributed by atoms with Crippen molar-refractivity contribution in [3.8, 4) is 11.1 Å². The first-order valence-corrected chi connectivity index (χ1v) is 6.33. The van der Waals surface area contributed by atoms with Gasteiger partial charge in [0.15, 0.2) is 0 Å². The Morgan fingerprint density at radius 2 is 1.79 bits per heavy atom. The number of hydrogen-bond acceptors (Lipinski definition) is 2. The van der Waals surface area contributed by atoms with E-state index in [2.05, 4.69) is 0 Å². The van der Waals surface area contributed by atoms with Crippen molar-refractivity contribution < 1.29 is 4.74 Å². The number of benzene rings is 2. The predicted molar refractivity (Wildman–Crippen MR) is 78.2 cm³/mol. The molecule has 0 aliphatic heterocycles. The van der Waals surface area contributed by atoms with Gasteiger partial charge in [0.25, 0.3) is 0 Å². The molecule has 0 unspecified atom stereocenters. The van der Waals surface area contributed by atoms with Crippen LogP contribution >= 0.6 is 0 Å². The van der Waals surface area contributed by atoms with E-state index >= 15 is 0 Å². The highest BCUT2D eigenvalue weighted by Gasteiger charge is 2.06. The third-order valence-corrected chi connectivity index (χ3v) is 2.96. The third kappa shape index (κ3) is 3.20. The number of hydrogen-bond donors (Lipinski definition) is 2. The molecule has 0 saturated heterocycles. The maximum absolute atomic E-state index is 7.62. The standard InChI is InChI=1S/C16H18N2O/c1-2-19-11-12-7-9-13(10-8-12)14-5-3-4-6-15(14)16(17)18/h3-10H,2,11H2,1H3,(H3,17,18). The lowest BCUT2D eigenvalue weighted by atomic mass is 9.98. The summed E-state index contributed by atoms with van der Waals surface area (Å²) < 4.78 is 5.37. The molecule has 0 atom stereocenters. The van der Waals surface area contributed by atoms with Gasteiger partial charge in [0, 0.05) is 12.2 Å². The summed E-state index contributed by atoms with van der Waals surface area (Å²) in [7, 11) is 0.